The summed E-state index contributed by atoms with van der Waals surface area (Å²) in [6, 6.07) is 6.70. The summed E-state index contributed by atoms with van der Waals surface area (Å²) < 4.78 is 26.2. The number of benzene rings is 1. The van der Waals surface area contributed by atoms with Crippen LogP contribution in [0.25, 0.3) is 11.3 Å². The van der Waals surface area contributed by atoms with Crippen molar-refractivity contribution in [3.05, 3.63) is 40.0 Å². The van der Waals surface area contributed by atoms with E-state index >= 15 is 0 Å². The summed E-state index contributed by atoms with van der Waals surface area (Å²) in [6.45, 7) is 16.0. The van der Waals surface area contributed by atoms with E-state index < -0.39 is 17.2 Å². The van der Waals surface area contributed by atoms with E-state index in [1.165, 1.54) is 34.7 Å². The quantitative estimate of drug-likeness (QED) is 0.344. The summed E-state index contributed by atoms with van der Waals surface area (Å²) in [5.74, 6) is -0.00659. The minimum atomic E-state index is -2.36. The van der Waals surface area contributed by atoms with Crippen molar-refractivity contribution < 1.29 is 13.6 Å². The van der Waals surface area contributed by atoms with Crippen molar-refractivity contribution >= 4 is 34.5 Å². The lowest BCUT2D eigenvalue weighted by Gasteiger charge is -2.27. The minimum absolute atomic E-state index is 0.0150. The summed E-state index contributed by atoms with van der Waals surface area (Å²) in [5, 5.41) is 0.436. The SMILES string of the molecule is Cc1c(N(CCC(N)=O)S(=O)O)c(Cl)c(-c2cc(C(C)(C)C)cc(C(C)(C)C)c2)n1CC1CCCCC1. The molecule has 1 aliphatic carbocycles. The molecule has 37 heavy (non-hydrogen) atoms. The molecule has 1 heterocycles. The van der Waals surface area contributed by atoms with Crippen molar-refractivity contribution in [1.82, 2.24) is 4.57 Å². The zero-order chi connectivity index (χ0) is 27.7. The van der Waals surface area contributed by atoms with Gasteiger partial charge in [-0.2, -0.15) is 0 Å². The fourth-order valence-corrected chi connectivity index (χ4v) is 6.35. The number of carbonyl (C=O) groups is 1. The van der Waals surface area contributed by atoms with Gasteiger partial charge in [-0.1, -0.05) is 78.5 Å². The Labute approximate surface area is 230 Å². The second-order valence-electron chi connectivity index (χ2n) is 12.6. The molecule has 3 N–H and O–H groups in total. The Morgan fingerprint density at radius 2 is 1.62 bits per heavy atom. The molecule has 0 saturated heterocycles. The second kappa shape index (κ2) is 11.5. The van der Waals surface area contributed by atoms with Crippen molar-refractivity contribution in [1.29, 1.82) is 0 Å². The van der Waals surface area contributed by atoms with E-state index in [0.717, 1.165) is 36.3 Å². The zero-order valence-electron chi connectivity index (χ0n) is 23.5. The molecule has 2 aromatic rings. The van der Waals surface area contributed by atoms with Crippen LogP contribution in [0, 0.1) is 12.8 Å². The third-order valence-corrected chi connectivity index (χ3v) is 8.64. The van der Waals surface area contributed by atoms with Crippen LogP contribution in [-0.4, -0.2) is 25.8 Å². The van der Waals surface area contributed by atoms with Gasteiger partial charge in [-0.3, -0.25) is 13.7 Å². The smallest absolute Gasteiger partial charge is 0.261 e. The summed E-state index contributed by atoms with van der Waals surface area (Å²) in [5.41, 5.74) is 10.9. The minimum Gasteiger partial charge on any atom is -0.370 e. The Bertz CT molecular complexity index is 1120. The van der Waals surface area contributed by atoms with Crippen LogP contribution in [0.5, 0.6) is 0 Å². The predicted octanol–water partition coefficient (Wildman–Crippen LogP) is 7.11. The van der Waals surface area contributed by atoms with Gasteiger partial charge in [-0.25, -0.2) is 4.21 Å². The fraction of sp³-hybridized carbons (Fsp3) is 0.621. The normalized spacial score (nSPS) is 16.1. The van der Waals surface area contributed by atoms with Crippen LogP contribution in [0.1, 0.15) is 96.9 Å². The number of aromatic nitrogens is 1. The third kappa shape index (κ3) is 6.98. The highest BCUT2D eigenvalue weighted by Crippen LogP contribution is 2.45. The van der Waals surface area contributed by atoms with Crippen molar-refractivity contribution in [3.8, 4) is 11.3 Å². The molecule has 1 unspecified atom stereocenters. The van der Waals surface area contributed by atoms with Crippen LogP contribution < -0.4 is 10.0 Å². The lowest BCUT2D eigenvalue weighted by Crippen LogP contribution is -2.30. The van der Waals surface area contributed by atoms with Gasteiger partial charge in [-0.15, -0.1) is 0 Å². The van der Waals surface area contributed by atoms with Crippen molar-refractivity contribution in [2.45, 2.75) is 104 Å². The zero-order valence-corrected chi connectivity index (χ0v) is 25.1. The highest BCUT2D eigenvalue weighted by Gasteiger charge is 2.30. The number of rotatable bonds is 8. The number of nitrogens with zero attached hydrogens (tertiary/aromatic N) is 2. The average Bonchev–Trinajstić information content (AvgIpc) is 3.02. The van der Waals surface area contributed by atoms with Crippen LogP contribution in [0.4, 0.5) is 5.69 Å². The van der Waals surface area contributed by atoms with Gasteiger partial charge in [0.15, 0.2) is 0 Å². The van der Waals surface area contributed by atoms with E-state index in [1.807, 2.05) is 6.92 Å². The Hall–Kier alpha value is -1.83. The van der Waals surface area contributed by atoms with Gasteiger partial charge < -0.3 is 10.3 Å². The third-order valence-electron chi connectivity index (χ3n) is 7.54. The molecule has 0 spiro atoms. The van der Waals surface area contributed by atoms with Crippen LogP contribution in [0.2, 0.25) is 5.02 Å². The van der Waals surface area contributed by atoms with Crippen LogP contribution in [0.15, 0.2) is 18.2 Å². The molecule has 1 saturated carbocycles. The molecular formula is C29H44ClN3O3S. The van der Waals surface area contributed by atoms with Crippen molar-refractivity contribution in [2.75, 3.05) is 10.8 Å². The number of hydrogen-bond acceptors (Lipinski definition) is 2. The van der Waals surface area contributed by atoms with Gasteiger partial charge in [0.1, 0.15) is 0 Å². The van der Waals surface area contributed by atoms with E-state index in [0.29, 0.717) is 16.6 Å². The molecule has 1 aliphatic rings. The molecule has 0 bridgehead atoms. The van der Waals surface area contributed by atoms with Gasteiger partial charge in [-0.05, 0) is 59.8 Å². The summed E-state index contributed by atoms with van der Waals surface area (Å²) >= 11 is 4.79. The van der Waals surface area contributed by atoms with Crippen LogP contribution in [0.3, 0.4) is 0 Å². The first-order valence-corrected chi connectivity index (χ1v) is 14.8. The number of carbonyl (C=O) groups excluding carboxylic acids is 1. The fourth-order valence-electron chi connectivity index (χ4n) is 5.22. The molecule has 206 valence electrons. The number of anilines is 1. The van der Waals surface area contributed by atoms with Gasteiger partial charge in [0.2, 0.25) is 5.91 Å². The van der Waals surface area contributed by atoms with Crippen LogP contribution in [-0.2, 0) is 33.4 Å². The molecule has 0 radical (unpaired) electrons. The maximum atomic E-state index is 12.5. The Morgan fingerprint density at radius 1 is 1.08 bits per heavy atom. The number of halogens is 1. The Balaban J connectivity index is 2.29. The van der Waals surface area contributed by atoms with Gasteiger partial charge in [0.05, 0.1) is 16.4 Å². The number of nitrogens with two attached hydrogens (primary N) is 1. The van der Waals surface area contributed by atoms with E-state index in [2.05, 4.69) is 64.3 Å². The first kappa shape index (κ1) is 29.7. The molecule has 1 atom stereocenters. The molecule has 3 rings (SSSR count). The summed E-state index contributed by atoms with van der Waals surface area (Å²) in [7, 11) is 0. The summed E-state index contributed by atoms with van der Waals surface area (Å²) in [4.78, 5) is 11.5. The van der Waals surface area contributed by atoms with Gasteiger partial charge in [0, 0.05) is 30.8 Å². The van der Waals surface area contributed by atoms with E-state index in [-0.39, 0.29) is 23.8 Å². The monoisotopic (exact) mass is 549 g/mol. The molecule has 8 heteroatoms. The topological polar surface area (TPSA) is 88.6 Å². The average molecular weight is 550 g/mol. The molecule has 6 nitrogen and oxygen atoms in total. The molecular weight excluding hydrogens is 506 g/mol. The first-order chi connectivity index (χ1) is 17.1. The van der Waals surface area contributed by atoms with Gasteiger partial charge >= 0.3 is 0 Å². The lowest BCUT2D eigenvalue weighted by atomic mass is 9.79. The molecule has 1 amide bonds. The molecule has 1 aromatic carbocycles. The number of hydrogen-bond donors (Lipinski definition) is 2. The van der Waals surface area contributed by atoms with E-state index in [1.54, 1.807) is 0 Å². The molecule has 1 aromatic heterocycles. The molecule has 0 aliphatic heterocycles. The largest absolute Gasteiger partial charge is 0.370 e. The lowest BCUT2D eigenvalue weighted by molar-refractivity contribution is -0.117. The number of primary amides is 1. The predicted molar refractivity (Wildman–Crippen MR) is 156 cm³/mol. The standard InChI is InChI=1S/C29H44ClN3O3S/c1-19-26(33(37(35)36)14-13-24(31)34)25(30)27(32(19)18-20-11-9-8-10-12-20)21-15-22(28(2,3)4)17-23(16-21)29(5,6)7/h15-17,20H,8-14,18H2,1-7H3,(H2,31,34)(H,35,36). The second-order valence-corrected chi connectivity index (χ2v) is 13.8. The van der Waals surface area contributed by atoms with Crippen molar-refractivity contribution in [2.24, 2.45) is 11.7 Å². The van der Waals surface area contributed by atoms with E-state index in [4.69, 9.17) is 17.3 Å². The number of amides is 1. The first-order valence-electron chi connectivity index (χ1n) is 13.3. The highest BCUT2D eigenvalue weighted by atomic mass is 35.5. The summed E-state index contributed by atoms with van der Waals surface area (Å²) in [6.07, 6.45) is 6.00. The van der Waals surface area contributed by atoms with Crippen LogP contribution >= 0.6 is 11.6 Å². The Morgan fingerprint density at radius 3 is 2.08 bits per heavy atom. The maximum absolute atomic E-state index is 12.5. The van der Waals surface area contributed by atoms with Crippen molar-refractivity contribution in [3.63, 3.8) is 0 Å². The van der Waals surface area contributed by atoms with Gasteiger partial charge in [0.25, 0.3) is 11.3 Å². The highest BCUT2D eigenvalue weighted by molar-refractivity contribution is 7.80. The Kier molecular flexibility index (Phi) is 9.24. The van der Waals surface area contributed by atoms with E-state index in [9.17, 15) is 13.6 Å². The maximum Gasteiger partial charge on any atom is 0.261 e. The molecule has 1 fully saturated rings.